The van der Waals surface area contributed by atoms with Crippen LogP contribution in [0.15, 0.2) is 41.3 Å². The Morgan fingerprint density at radius 2 is 1.82 bits per heavy atom. The fourth-order valence-electron chi connectivity index (χ4n) is 1.73. The average molecular weight is 361 g/mol. The lowest BCUT2D eigenvalue weighted by Crippen LogP contribution is -2.13. The molecule has 1 N–H and O–H groups in total. The summed E-state index contributed by atoms with van der Waals surface area (Å²) in [5.74, 6) is 0. The SMILES string of the molecule is Cc1ccc(S(=O)(=O)Nc2ccc(Cl)cc2Cl)cc1[N+](=O)[O-]. The van der Waals surface area contributed by atoms with Crippen LogP contribution >= 0.6 is 23.2 Å². The van der Waals surface area contributed by atoms with E-state index in [2.05, 4.69) is 4.72 Å². The van der Waals surface area contributed by atoms with Gasteiger partial charge in [0, 0.05) is 16.7 Å². The molecule has 0 fully saturated rings. The Morgan fingerprint density at radius 3 is 2.41 bits per heavy atom. The zero-order chi connectivity index (χ0) is 16.5. The smallest absolute Gasteiger partial charge is 0.273 e. The summed E-state index contributed by atoms with van der Waals surface area (Å²) in [6.07, 6.45) is 0. The Labute approximate surface area is 136 Å². The minimum Gasteiger partial charge on any atom is -0.278 e. The van der Waals surface area contributed by atoms with Crippen LogP contribution in [-0.4, -0.2) is 13.3 Å². The second-order valence-electron chi connectivity index (χ2n) is 4.44. The Balaban J connectivity index is 2.42. The maximum Gasteiger partial charge on any atom is 0.273 e. The van der Waals surface area contributed by atoms with Crippen LogP contribution in [0.2, 0.25) is 10.0 Å². The van der Waals surface area contributed by atoms with E-state index in [0.29, 0.717) is 10.6 Å². The molecule has 0 aromatic heterocycles. The number of nitro benzene ring substituents is 1. The van der Waals surface area contributed by atoms with Crippen LogP contribution in [0.1, 0.15) is 5.56 Å². The van der Waals surface area contributed by atoms with Gasteiger partial charge in [0.05, 0.1) is 20.5 Å². The third-order valence-electron chi connectivity index (χ3n) is 2.86. The second-order valence-corrected chi connectivity index (χ2v) is 6.96. The maximum absolute atomic E-state index is 12.3. The molecule has 116 valence electrons. The Morgan fingerprint density at radius 1 is 1.14 bits per heavy atom. The van der Waals surface area contributed by atoms with Gasteiger partial charge < -0.3 is 0 Å². The van der Waals surface area contributed by atoms with Crippen molar-refractivity contribution < 1.29 is 13.3 Å². The number of nitro groups is 1. The third-order valence-corrected chi connectivity index (χ3v) is 4.77. The molecular formula is C13H10Cl2N2O4S. The number of anilines is 1. The molecule has 2 aromatic rings. The molecule has 0 atom stereocenters. The molecule has 0 radical (unpaired) electrons. The summed E-state index contributed by atoms with van der Waals surface area (Å²) in [6.45, 7) is 1.53. The van der Waals surface area contributed by atoms with Crippen molar-refractivity contribution in [3.63, 3.8) is 0 Å². The summed E-state index contributed by atoms with van der Waals surface area (Å²) >= 11 is 11.7. The molecular weight excluding hydrogens is 351 g/mol. The van der Waals surface area contributed by atoms with Gasteiger partial charge in [-0.25, -0.2) is 8.42 Å². The first-order valence-electron chi connectivity index (χ1n) is 5.93. The maximum atomic E-state index is 12.3. The minimum absolute atomic E-state index is 0.123. The van der Waals surface area contributed by atoms with Gasteiger partial charge in [-0.3, -0.25) is 14.8 Å². The first kappa shape index (κ1) is 16.5. The molecule has 0 aliphatic rings. The molecule has 0 amide bonds. The van der Waals surface area contributed by atoms with Crippen molar-refractivity contribution in [3.8, 4) is 0 Å². The van der Waals surface area contributed by atoms with Crippen molar-refractivity contribution in [2.45, 2.75) is 11.8 Å². The van der Waals surface area contributed by atoms with Gasteiger partial charge in [0.2, 0.25) is 0 Å². The highest BCUT2D eigenvalue weighted by molar-refractivity contribution is 7.92. The highest BCUT2D eigenvalue weighted by Crippen LogP contribution is 2.29. The summed E-state index contributed by atoms with van der Waals surface area (Å²) < 4.78 is 26.9. The lowest BCUT2D eigenvalue weighted by Gasteiger charge is -2.10. The predicted octanol–water partition coefficient (Wildman–Crippen LogP) is 4.01. The molecule has 0 spiro atoms. The van der Waals surface area contributed by atoms with Crippen LogP contribution in [0.4, 0.5) is 11.4 Å². The molecule has 2 rings (SSSR count). The van der Waals surface area contributed by atoms with E-state index in [1.807, 2.05) is 0 Å². The van der Waals surface area contributed by atoms with E-state index < -0.39 is 14.9 Å². The van der Waals surface area contributed by atoms with Gasteiger partial charge >= 0.3 is 0 Å². The van der Waals surface area contributed by atoms with E-state index in [4.69, 9.17) is 23.2 Å². The number of benzene rings is 2. The summed E-state index contributed by atoms with van der Waals surface area (Å²) in [6, 6.07) is 7.93. The van der Waals surface area contributed by atoms with E-state index >= 15 is 0 Å². The van der Waals surface area contributed by atoms with Gasteiger partial charge in [-0.05, 0) is 31.2 Å². The molecule has 0 unspecified atom stereocenters. The first-order valence-corrected chi connectivity index (χ1v) is 8.17. The standard InChI is InChI=1S/C13H10Cl2N2O4S/c1-8-2-4-10(7-13(8)17(18)19)22(20,21)16-12-5-3-9(14)6-11(12)15/h2-7,16H,1H3. The largest absolute Gasteiger partial charge is 0.278 e. The number of rotatable bonds is 4. The fourth-order valence-corrected chi connectivity index (χ4v) is 3.34. The Kier molecular flexibility index (Phi) is 4.60. The third kappa shape index (κ3) is 3.49. The summed E-state index contributed by atoms with van der Waals surface area (Å²) in [7, 11) is -4.00. The number of nitrogens with one attached hydrogen (secondary N) is 1. The van der Waals surface area contributed by atoms with Crippen molar-refractivity contribution >= 4 is 44.6 Å². The number of aryl methyl sites for hydroxylation is 1. The minimum atomic E-state index is -4.00. The zero-order valence-electron chi connectivity index (χ0n) is 11.2. The van der Waals surface area contributed by atoms with E-state index in [-0.39, 0.29) is 21.3 Å². The molecule has 0 saturated heterocycles. The molecule has 22 heavy (non-hydrogen) atoms. The van der Waals surface area contributed by atoms with Crippen LogP contribution in [0.5, 0.6) is 0 Å². The number of nitrogens with zero attached hydrogens (tertiary/aromatic N) is 1. The van der Waals surface area contributed by atoms with Crippen LogP contribution < -0.4 is 4.72 Å². The van der Waals surface area contributed by atoms with Crippen LogP contribution in [0.3, 0.4) is 0 Å². The number of hydrogen-bond acceptors (Lipinski definition) is 4. The highest BCUT2D eigenvalue weighted by atomic mass is 35.5. The molecule has 0 saturated carbocycles. The van der Waals surface area contributed by atoms with Gasteiger partial charge in [0.25, 0.3) is 15.7 Å². The molecule has 9 heteroatoms. The molecule has 0 heterocycles. The molecule has 2 aromatic carbocycles. The quantitative estimate of drug-likeness (QED) is 0.658. The number of sulfonamides is 1. The molecule has 0 aliphatic carbocycles. The topological polar surface area (TPSA) is 89.3 Å². The summed E-state index contributed by atoms with van der Waals surface area (Å²) in [4.78, 5) is 10.0. The summed E-state index contributed by atoms with van der Waals surface area (Å²) in [5, 5.41) is 11.4. The fraction of sp³-hybridized carbons (Fsp3) is 0.0769. The normalized spacial score (nSPS) is 11.2. The molecule has 0 aliphatic heterocycles. The van der Waals surface area contributed by atoms with Crippen LogP contribution in [-0.2, 0) is 10.0 Å². The lowest BCUT2D eigenvalue weighted by molar-refractivity contribution is -0.385. The molecule has 6 nitrogen and oxygen atoms in total. The van der Waals surface area contributed by atoms with E-state index in [1.165, 1.54) is 37.3 Å². The predicted molar refractivity (Wildman–Crippen MR) is 85.1 cm³/mol. The van der Waals surface area contributed by atoms with Gasteiger partial charge in [-0.2, -0.15) is 0 Å². The lowest BCUT2D eigenvalue weighted by atomic mass is 10.2. The van der Waals surface area contributed by atoms with E-state index in [1.54, 1.807) is 0 Å². The highest BCUT2D eigenvalue weighted by Gasteiger charge is 2.20. The monoisotopic (exact) mass is 360 g/mol. The Bertz CT molecular complexity index is 853. The van der Waals surface area contributed by atoms with Gasteiger partial charge in [-0.1, -0.05) is 29.3 Å². The Hall–Kier alpha value is -1.83. The van der Waals surface area contributed by atoms with Crippen molar-refractivity contribution in [2.24, 2.45) is 0 Å². The van der Waals surface area contributed by atoms with Gasteiger partial charge in [0.15, 0.2) is 0 Å². The average Bonchev–Trinajstić information content (AvgIpc) is 2.42. The summed E-state index contributed by atoms with van der Waals surface area (Å²) in [5.41, 5.74) is 0.229. The van der Waals surface area contributed by atoms with Crippen molar-refractivity contribution in [1.82, 2.24) is 0 Å². The molecule has 0 bridgehead atoms. The van der Waals surface area contributed by atoms with Gasteiger partial charge in [0.1, 0.15) is 0 Å². The first-order chi connectivity index (χ1) is 10.2. The second kappa shape index (κ2) is 6.12. The van der Waals surface area contributed by atoms with Crippen molar-refractivity contribution in [2.75, 3.05) is 4.72 Å². The number of hydrogen-bond donors (Lipinski definition) is 1. The zero-order valence-corrected chi connectivity index (χ0v) is 13.5. The van der Waals surface area contributed by atoms with Crippen LogP contribution in [0, 0.1) is 17.0 Å². The van der Waals surface area contributed by atoms with Gasteiger partial charge in [-0.15, -0.1) is 0 Å². The van der Waals surface area contributed by atoms with E-state index in [9.17, 15) is 18.5 Å². The van der Waals surface area contributed by atoms with Crippen molar-refractivity contribution in [1.29, 1.82) is 0 Å². The van der Waals surface area contributed by atoms with E-state index in [0.717, 1.165) is 6.07 Å². The van der Waals surface area contributed by atoms with Crippen molar-refractivity contribution in [3.05, 3.63) is 62.1 Å². The number of halogens is 2. The van der Waals surface area contributed by atoms with Crippen LogP contribution in [0.25, 0.3) is 0 Å².